The van der Waals surface area contributed by atoms with E-state index in [9.17, 15) is 5.26 Å². The van der Waals surface area contributed by atoms with Gasteiger partial charge >= 0.3 is 0 Å². The molecule has 0 aromatic heterocycles. The molecule has 0 amide bonds. The summed E-state index contributed by atoms with van der Waals surface area (Å²) in [6.45, 7) is 5.41. The summed E-state index contributed by atoms with van der Waals surface area (Å²) in [5.74, 6) is 0.986. The third-order valence-electron chi connectivity index (χ3n) is 3.54. The Morgan fingerprint density at radius 3 is 3.05 bits per heavy atom. The molecule has 2 N–H and O–H groups in total. The lowest BCUT2D eigenvalue weighted by Crippen LogP contribution is -2.46. The van der Waals surface area contributed by atoms with Crippen molar-refractivity contribution in [2.45, 2.75) is 43.7 Å². The maximum absolute atomic E-state index is 9.40. The largest absolute Gasteiger partial charge is 0.380 e. The van der Waals surface area contributed by atoms with Crippen LogP contribution in [0.25, 0.3) is 0 Å². The van der Waals surface area contributed by atoms with Crippen molar-refractivity contribution < 1.29 is 0 Å². The highest BCUT2D eigenvalue weighted by Crippen LogP contribution is 2.29. The van der Waals surface area contributed by atoms with Gasteiger partial charge in [0.05, 0.1) is 11.3 Å². The fourth-order valence-electron chi connectivity index (χ4n) is 2.48. The topological polar surface area (TPSA) is 47.8 Å². The summed E-state index contributed by atoms with van der Waals surface area (Å²) in [6.07, 6.45) is 2.34. The molecule has 1 aromatic carbocycles. The molecular weight excluding hydrogens is 254 g/mol. The predicted molar refractivity (Wildman–Crippen MR) is 81.7 cm³/mol. The van der Waals surface area contributed by atoms with Crippen molar-refractivity contribution in [3.8, 4) is 6.07 Å². The Hall–Kier alpha value is -1.18. The minimum atomic E-state index is 0.405. The van der Waals surface area contributed by atoms with Crippen LogP contribution in [0, 0.1) is 11.3 Å². The van der Waals surface area contributed by atoms with Crippen molar-refractivity contribution >= 4 is 17.4 Å². The van der Waals surface area contributed by atoms with Crippen molar-refractivity contribution in [2.24, 2.45) is 0 Å². The van der Waals surface area contributed by atoms with E-state index in [0.29, 0.717) is 12.1 Å². The number of nitriles is 1. The third kappa shape index (κ3) is 3.43. The number of benzene rings is 1. The summed E-state index contributed by atoms with van der Waals surface area (Å²) in [4.78, 5) is 1.08. The zero-order chi connectivity index (χ0) is 13.7. The van der Waals surface area contributed by atoms with Crippen molar-refractivity contribution in [2.75, 3.05) is 17.6 Å². The van der Waals surface area contributed by atoms with Gasteiger partial charge in [0, 0.05) is 17.0 Å². The minimum Gasteiger partial charge on any atom is -0.380 e. The van der Waals surface area contributed by atoms with Crippen LogP contribution in [0.1, 0.15) is 32.3 Å². The molecule has 1 fully saturated rings. The summed E-state index contributed by atoms with van der Waals surface area (Å²) in [5, 5.41) is 16.4. The van der Waals surface area contributed by atoms with E-state index in [1.165, 1.54) is 6.42 Å². The number of nitrogens with zero attached hydrogens (tertiary/aromatic N) is 1. The van der Waals surface area contributed by atoms with Gasteiger partial charge in [-0.1, -0.05) is 13.0 Å². The maximum Gasteiger partial charge on any atom is 0.102 e. The second-order valence-corrected chi connectivity index (χ2v) is 6.17. The van der Waals surface area contributed by atoms with Gasteiger partial charge in [-0.15, -0.1) is 11.8 Å². The normalized spacial score (nSPS) is 22.8. The smallest absolute Gasteiger partial charge is 0.102 e. The monoisotopic (exact) mass is 275 g/mol. The van der Waals surface area contributed by atoms with Crippen LogP contribution in [-0.2, 0) is 0 Å². The average molecular weight is 275 g/mol. The summed E-state index contributed by atoms with van der Waals surface area (Å²) in [5.41, 5.74) is 1.76. The molecule has 4 heteroatoms. The molecule has 2 atom stereocenters. The Morgan fingerprint density at radius 2 is 2.37 bits per heavy atom. The van der Waals surface area contributed by atoms with Crippen LogP contribution in [-0.4, -0.2) is 24.4 Å². The summed E-state index contributed by atoms with van der Waals surface area (Å²) in [6, 6.07) is 9.27. The number of anilines is 1. The molecular formula is C15H21N3S. The Bertz CT molecular complexity index is 467. The summed E-state index contributed by atoms with van der Waals surface area (Å²) < 4.78 is 0. The van der Waals surface area contributed by atoms with Crippen molar-refractivity contribution in [1.29, 1.82) is 5.26 Å². The first-order valence-electron chi connectivity index (χ1n) is 6.92. The summed E-state index contributed by atoms with van der Waals surface area (Å²) in [7, 11) is 0. The van der Waals surface area contributed by atoms with E-state index in [2.05, 4.69) is 30.6 Å². The Kier molecular flexibility index (Phi) is 5.12. The first kappa shape index (κ1) is 14.2. The maximum atomic E-state index is 9.40. The molecule has 3 nitrogen and oxygen atoms in total. The van der Waals surface area contributed by atoms with Crippen LogP contribution in [0.15, 0.2) is 23.1 Å². The molecule has 1 saturated heterocycles. The van der Waals surface area contributed by atoms with Gasteiger partial charge in [0.1, 0.15) is 6.07 Å². The van der Waals surface area contributed by atoms with Gasteiger partial charge in [-0.2, -0.15) is 5.26 Å². The fraction of sp³-hybridized carbons (Fsp3) is 0.533. The van der Waals surface area contributed by atoms with Crippen LogP contribution in [0.5, 0.6) is 0 Å². The van der Waals surface area contributed by atoms with Crippen LogP contribution >= 0.6 is 11.8 Å². The Morgan fingerprint density at radius 1 is 1.53 bits per heavy atom. The molecule has 2 unspecified atom stereocenters. The Balaban J connectivity index is 2.19. The first-order chi connectivity index (χ1) is 9.26. The zero-order valence-electron chi connectivity index (χ0n) is 11.6. The molecule has 2 rings (SSSR count). The molecule has 0 bridgehead atoms. The van der Waals surface area contributed by atoms with Gasteiger partial charge in [-0.05, 0) is 44.2 Å². The SMILES string of the molecule is CCSc1cccc(NC2CCCNC2C)c1C#N. The Labute approximate surface area is 119 Å². The van der Waals surface area contributed by atoms with Gasteiger partial charge in [0.15, 0.2) is 0 Å². The third-order valence-corrected chi connectivity index (χ3v) is 4.48. The van der Waals surface area contributed by atoms with Gasteiger partial charge in [0.2, 0.25) is 0 Å². The van der Waals surface area contributed by atoms with Crippen LogP contribution in [0.3, 0.4) is 0 Å². The van der Waals surface area contributed by atoms with E-state index in [-0.39, 0.29) is 0 Å². The molecule has 102 valence electrons. The van der Waals surface area contributed by atoms with Crippen LogP contribution in [0.2, 0.25) is 0 Å². The highest BCUT2D eigenvalue weighted by molar-refractivity contribution is 7.99. The van der Waals surface area contributed by atoms with E-state index in [1.54, 1.807) is 11.8 Å². The van der Waals surface area contributed by atoms with E-state index in [0.717, 1.165) is 34.9 Å². The number of thioether (sulfide) groups is 1. The molecule has 0 spiro atoms. The number of nitrogens with one attached hydrogen (secondary N) is 2. The average Bonchev–Trinajstić information content (AvgIpc) is 2.42. The molecule has 0 saturated carbocycles. The lowest BCUT2D eigenvalue weighted by molar-refractivity contribution is 0.389. The summed E-state index contributed by atoms with van der Waals surface area (Å²) >= 11 is 1.73. The highest BCUT2D eigenvalue weighted by Gasteiger charge is 2.21. The first-order valence-corrected chi connectivity index (χ1v) is 7.90. The van der Waals surface area contributed by atoms with Crippen LogP contribution in [0.4, 0.5) is 5.69 Å². The number of rotatable bonds is 4. The van der Waals surface area contributed by atoms with Crippen molar-refractivity contribution in [1.82, 2.24) is 5.32 Å². The van der Waals surface area contributed by atoms with E-state index >= 15 is 0 Å². The lowest BCUT2D eigenvalue weighted by Gasteiger charge is -2.31. The molecule has 1 aromatic rings. The van der Waals surface area contributed by atoms with Crippen molar-refractivity contribution in [3.63, 3.8) is 0 Å². The number of piperidine rings is 1. The minimum absolute atomic E-state index is 0.405. The quantitative estimate of drug-likeness (QED) is 0.828. The second kappa shape index (κ2) is 6.83. The number of hydrogen-bond donors (Lipinski definition) is 2. The van der Waals surface area contributed by atoms with E-state index < -0.39 is 0 Å². The predicted octanol–water partition coefficient (Wildman–Crippen LogP) is 3.22. The van der Waals surface area contributed by atoms with Gasteiger partial charge in [0.25, 0.3) is 0 Å². The molecule has 0 aliphatic carbocycles. The highest BCUT2D eigenvalue weighted by atomic mass is 32.2. The van der Waals surface area contributed by atoms with Gasteiger partial charge in [-0.25, -0.2) is 0 Å². The molecule has 19 heavy (non-hydrogen) atoms. The molecule has 1 aliphatic heterocycles. The van der Waals surface area contributed by atoms with E-state index in [4.69, 9.17) is 0 Å². The lowest BCUT2D eigenvalue weighted by atomic mass is 9.99. The van der Waals surface area contributed by atoms with Gasteiger partial charge in [-0.3, -0.25) is 0 Å². The molecule has 1 aliphatic rings. The van der Waals surface area contributed by atoms with E-state index in [1.807, 2.05) is 18.2 Å². The van der Waals surface area contributed by atoms with Crippen molar-refractivity contribution in [3.05, 3.63) is 23.8 Å². The van der Waals surface area contributed by atoms with Gasteiger partial charge < -0.3 is 10.6 Å². The number of hydrogen-bond acceptors (Lipinski definition) is 4. The molecule has 0 radical (unpaired) electrons. The standard InChI is InChI=1S/C15H21N3S/c1-3-19-15-8-4-6-14(12(15)10-16)18-13-7-5-9-17-11(13)2/h4,6,8,11,13,17-18H,3,5,7,9H2,1-2H3. The van der Waals surface area contributed by atoms with Crippen LogP contribution < -0.4 is 10.6 Å². The fourth-order valence-corrected chi connectivity index (χ4v) is 3.27. The zero-order valence-corrected chi connectivity index (χ0v) is 12.4. The molecule has 1 heterocycles. The second-order valence-electron chi connectivity index (χ2n) is 4.86.